The molecule has 1 saturated heterocycles. The van der Waals surface area contributed by atoms with Crippen LogP contribution in [-0.2, 0) is 26.3 Å². The van der Waals surface area contributed by atoms with Gasteiger partial charge in [-0.05, 0) is 47.2 Å². The van der Waals surface area contributed by atoms with E-state index in [2.05, 4.69) is 38.2 Å². The van der Waals surface area contributed by atoms with Gasteiger partial charge in [-0.15, -0.1) is 0 Å². The van der Waals surface area contributed by atoms with Crippen LogP contribution < -0.4 is 15.1 Å². The molecule has 42 heavy (non-hydrogen) atoms. The van der Waals surface area contributed by atoms with Crippen LogP contribution in [0.25, 0.3) is 0 Å². The molecule has 3 atom stereocenters. The van der Waals surface area contributed by atoms with Crippen LogP contribution in [0, 0.1) is 12.8 Å². The van der Waals surface area contributed by atoms with E-state index in [4.69, 9.17) is 0 Å². The van der Waals surface area contributed by atoms with Crippen molar-refractivity contribution < 1.29 is 14.4 Å². The summed E-state index contributed by atoms with van der Waals surface area (Å²) in [5.41, 5.74) is 4.08. The molecule has 0 saturated carbocycles. The second kappa shape index (κ2) is 10.7. The van der Waals surface area contributed by atoms with Gasteiger partial charge in [-0.3, -0.25) is 23.7 Å². The van der Waals surface area contributed by atoms with Crippen molar-refractivity contribution in [1.29, 1.82) is 0 Å². The molecule has 6 rings (SSSR count). The van der Waals surface area contributed by atoms with Crippen molar-refractivity contribution in [2.45, 2.75) is 55.8 Å². The molecule has 214 valence electrons. The molecule has 3 aromatic carbocycles. The average Bonchev–Trinajstić information content (AvgIpc) is 3.40. The minimum atomic E-state index is -0.725. The Hall–Kier alpha value is -3.95. The van der Waals surface area contributed by atoms with Crippen LogP contribution in [0.15, 0.2) is 88.7 Å². The molecule has 3 heterocycles. The number of thioether (sulfide) groups is 1. The first kappa shape index (κ1) is 28.2. The normalized spacial score (nSPS) is 19.9. The van der Waals surface area contributed by atoms with E-state index in [0.29, 0.717) is 16.4 Å². The Morgan fingerprint density at radius 2 is 1.55 bits per heavy atom. The number of fused-ring (bicyclic) bond motifs is 2. The van der Waals surface area contributed by atoms with E-state index in [1.54, 1.807) is 24.3 Å². The first-order valence-electron chi connectivity index (χ1n) is 13.8. The summed E-state index contributed by atoms with van der Waals surface area (Å²) in [6, 6.07) is 24.5. The van der Waals surface area contributed by atoms with Crippen LogP contribution in [0.5, 0.6) is 0 Å². The lowest BCUT2D eigenvalue weighted by molar-refractivity contribution is -0.122. The molecule has 3 amide bonds. The summed E-state index contributed by atoms with van der Waals surface area (Å²) < 4.78 is 1.45. The zero-order chi connectivity index (χ0) is 29.8. The fourth-order valence-corrected chi connectivity index (χ4v) is 8.46. The van der Waals surface area contributed by atoms with E-state index >= 15 is 0 Å². The van der Waals surface area contributed by atoms with Crippen LogP contribution in [0.1, 0.15) is 48.3 Å². The zero-order valence-corrected chi connectivity index (χ0v) is 25.4. The number of imide groups is 1. The van der Waals surface area contributed by atoms with Crippen molar-refractivity contribution in [1.82, 2.24) is 4.57 Å². The quantitative estimate of drug-likeness (QED) is 0.287. The van der Waals surface area contributed by atoms with Gasteiger partial charge in [0.2, 0.25) is 17.7 Å². The maximum atomic E-state index is 14.0. The number of benzene rings is 3. The number of rotatable bonds is 5. The number of nitrogens with one attached hydrogen (secondary N) is 1. The highest BCUT2D eigenvalue weighted by molar-refractivity contribution is 8.00. The van der Waals surface area contributed by atoms with Gasteiger partial charge in [0.25, 0.3) is 0 Å². The first-order chi connectivity index (χ1) is 20.0. The lowest BCUT2D eigenvalue weighted by atomic mass is 9.81. The molecular formula is C33H31N3O4S2. The number of carbonyl (C=O) groups excluding carboxylic acids is 3. The molecule has 1 aromatic heterocycles. The molecule has 9 heteroatoms. The zero-order valence-electron chi connectivity index (χ0n) is 23.8. The molecule has 2 unspecified atom stereocenters. The van der Waals surface area contributed by atoms with Gasteiger partial charge in [0.1, 0.15) is 11.8 Å². The maximum absolute atomic E-state index is 14.0. The highest BCUT2D eigenvalue weighted by atomic mass is 32.2. The summed E-state index contributed by atoms with van der Waals surface area (Å²) in [6.45, 7) is 8.12. The number of amides is 3. The van der Waals surface area contributed by atoms with Gasteiger partial charge in [0.05, 0.1) is 16.6 Å². The van der Waals surface area contributed by atoms with Gasteiger partial charge < -0.3 is 5.32 Å². The van der Waals surface area contributed by atoms with Gasteiger partial charge in [0, 0.05) is 16.5 Å². The van der Waals surface area contributed by atoms with E-state index in [-0.39, 0.29) is 34.6 Å². The van der Waals surface area contributed by atoms with Gasteiger partial charge in [-0.1, -0.05) is 105 Å². The van der Waals surface area contributed by atoms with Crippen molar-refractivity contribution >= 4 is 52.2 Å². The molecule has 1 fully saturated rings. The van der Waals surface area contributed by atoms with E-state index in [9.17, 15) is 19.2 Å². The third kappa shape index (κ3) is 4.90. The molecule has 0 radical (unpaired) electrons. The summed E-state index contributed by atoms with van der Waals surface area (Å²) in [5.74, 6) is -2.09. The largest absolute Gasteiger partial charge is 0.324 e. The lowest BCUT2D eigenvalue weighted by Gasteiger charge is -2.31. The minimum Gasteiger partial charge on any atom is -0.324 e. The standard InChI is InChI=1S/C33H31N3O4S2/c1-19-10-8-9-13-23(19)34-24(37)18-35-31-28(42-32(35)40)25(20-14-16-21(17-15-20)33(2,3)4)26-27(41-31)30(39)36(29(26)38)22-11-6-5-7-12-22/h5-17,25-27H,18H2,1-4H3,(H,34,37)/t25-,26?,27?/m1/s1. The molecule has 0 bridgehead atoms. The third-order valence-electron chi connectivity index (χ3n) is 7.92. The first-order valence-corrected chi connectivity index (χ1v) is 15.5. The Morgan fingerprint density at radius 3 is 2.21 bits per heavy atom. The Morgan fingerprint density at radius 1 is 0.881 bits per heavy atom. The monoisotopic (exact) mass is 597 g/mol. The van der Waals surface area contributed by atoms with Crippen molar-refractivity contribution in [3.8, 4) is 0 Å². The molecule has 4 aromatic rings. The summed E-state index contributed by atoms with van der Waals surface area (Å²) in [7, 11) is 0. The second-order valence-corrected chi connectivity index (χ2v) is 13.9. The SMILES string of the molecule is Cc1ccccc1NC(=O)Cn1c2c(sc1=O)[C@H](c1ccc(C(C)(C)C)cc1)C1C(=O)N(c3ccccc3)C(=O)C1S2. The summed E-state index contributed by atoms with van der Waals surface area (Å²) in [6.07, 6.45) is 0. The van der Waals surface area contributed by atoms with E-state index < -0.39 is 17.1 Å². The Balaban J connectivity index is 1.43. The maximum Gasteiger partial charge on any atom is 0.308 e. The Kier molecular flexibility index (Phi) is 7.19. The summed E-state index contributed by atoms with van der Waals surface area (Å²) in [4.78, 5) is 56.1. The predicted octanol–water partition coefficient (Wildman–Crippen LogP) is 5.95. The van der Waals surface area contributed by atoms with Crippen LogP contribution >= 0.6 is 23.1 Å². The van der Waals surface area contributed by atoms with Gasteiger partial charge in [-0.2, -0.15) is 0 Å². The Bertz CT molecular complexity index is 1750. The van der Waals surface area contributed by atoms with Gasteiger partial charge in [0.15, 0.2) is 0 Å². The molecule has 0 spiro atoms. The van der Waals surface area contributed by atoms with Gasteiger partial charge >= 0.3 is 4.87 Å². The van der Waals surface area contributed by atoms with E-state index in [1.807, 2.05) is 49.4 Å². The van der Waals surface area contributed by atoms with Crippen molar-refractivity contribution in [2.75, 3.05) is 10.2 Å². The lowest BCUT2D eigenvalue weighted by Crippen LogP contribution is -2.33. The molecule has 0 aliphatic carbocycles. The second-order valence-electron chi connectivity index (χ2n) is 11.7. The number of thiazole rings is 1. The van der Waals surface area contributed by atoms with Crippen LogP contribution in [0.3, 0.4) is 0 Å². The summed E-state index contributed by atoms with van der Waals surface area (Å²) >= 11 is 2.28. The van der Waals surface area contributed by atoms with Crippen LogP contribution in [0.4, 0.5) is 11.4 Å². The fourth-order valence-electron chi connectivity index (χ4n) is 5.68. The molecule has 2 aliphatic rings. The van der Waals surface area contributed by atoms with Crippen molar-refractivity contribution in [3.05, 3.63) is 110 Å². The number of aryl methyl sites for hydroxylation is 1. The van der Waals surface area contributed by atoms with Crippen LogP contribution in [0.2, 0.25) is 0 Å². The van der Waals surface area contributed by atoms with Crippen molar-refractivity contribution in [2.24, 2.45) is 5.92 Å². The number of hydrogen-bond acceptors (Lipinski definition) is 6. The molecular weight excluding hydrogens is 567 g/mol. The predicted molar refractivity (Wildman–Crippen MR) is 167 cm³/mol. The molecule has 1 N–H and O–H groups in total. The number of anilines is 2. The number of hydrogen-bond donors (Lipinski definition) is 1. The minimum absolute atomic E-state index is 0.0590. The average molecular weight is 598 g/mol. The summed E-state index contributed by atoms with van der Waals surface area (Å²) in [5, 5.41) is 2.76. The van der Waals surface area contributed by atoms with Crippen LogP contribution in [-0.4, -0.2) is 27.5 Å². The van der Waals surface area contributed by atoms with Gasteiger partial charge in [-0.25, -0.2) is 4.90 Å². The number of nitrogens with zero attached hydrogens (tertiary/aromatic N) is 2. The third-order valence-corrected chi connectivity index (χ3v) is 10.5. The smallest absolute Gasteiger partial charge is 0.308 e. The molecule has 2 aliphatic heterocycles. The van der Waals surface area contributed by atoms with E-state index in [1.165, 1.54) is 21.2 Å². The highest BCUT2D eigenvalue weighted by Crippen LogP contribution is 2.54. The number of carbonyl (C=O) groups is 3. The van der Waals surface area contributed by atoms with Crippen molar-refractivity contribution in [3.63, 3.8) is 0 Å². The topological polar surface area (TPSA) is 88.5 Å². The van der Waals surface area contributed by atoms with E-state index in [0.717, 1.165) is 32.9 Å². The molecule has 7 nitrogen and oxygen atoms in total. The Labute approximate surface area is 252 Å². The highest BCUT2D eigenvalue weighted by Gasteiger charge is 2.56. The number of aromatic nitrogens is 1. The fraction of sp³-hybridized carbons (Fsp3) is 0.273. The number of para-hydroxylation sites is 2.